The second-order valence-electron chi connectivity index (χ2n) is 5.13. The SMILES string of the molecule is CCC1NC(=O)C(C)N(CCN2CCSCC2)C1=O. The van der Waals surface area contributed by atoms with Gasteiger partial charge >= 0.3 is 0 Å². The zero-order valence-electron chi connectivity index (χ0n) is 11.7. The van der Waals surface area contributed by atoms with Crippen molar-refractivity contribution >= 4 is 23.6 Å². The Hall–Kier alpha value is -0.750. The molecule has 2 amide bonds. The lowest BCUT2D eigenvalue weighted by Gasteiger charge is -2.38. The van der Waals surface area contributed by atoms with E-state index in [0.717, 1.165) is 19.6 Å². The Morgan fingerprint density at radius 1 is 1.26 bits per heavy atom. The van der Waals surface area contributed by atoms with E-state index in [9.17, 15) is 9.59 Å². The van der Waals surface area contributed by atoms with Crippen LogP contribution in [0.5, 0.6) is 0 Å². The topological polar surface area (TPSA) is 52.7 Å². The maximum atomic E-state index is 12.3. The molecule has 2 aliphatic rings. The van der Waals surface area contributed by atoms with Crippen LogP contribution in [0.15, 0.2) is 0 Å². The van der Waals surface area contributed by atoms with Gasteiger partial charge in [0.1, 0.15) is 12.1 Å². The lowest BCUT2D eigenvalue weighted by atomic mass is 10.1. The monoisotopic (exact) mass is 285 g/mol. The molecule has 0 aliphatic carbocycles. The Morgan fingerprint density at radius 3 is 2.58 bits per heavy atom. The summed E-state index contributed by atoms with van der Waals surface area (Å²) in [6.45, 7) is 7.45. The van der Waals surface area contributed by atoms with Gasteiger partial charge in [0.05, 0.1) is 0 Å². The fraction of sp³-hybridized carbons (Fsp3) is 0.846. The predicted octanol–water partition coefficient (Wildman–Crippen LogP) is 0.161. The second-order valence-corrected chi connectivity index (χ2v) is 6.36. The molecule has 2 unspecified atom stereocenters. The lowest BCUT2D eigenvalue weighted by Crippen LogP contribution is -2.63. The molecule has 2 heterocycles. The van der Waals surface area contributed by atoms with Crippen molar-refractivity contribution < 1.29 is 9.59 Å². The van der Waals surface area contributed by atoms with Crippen LogP contribution in [0.4, 0.5) is 0 Å². The van der Waals surface area contributed by atoms with E-state index in [1.807, 2.05) is 25.6 Å². The Kier molecular flexibility index (Phi) is 5.10. The summed E-state index contributed by atoms with van der Waals surface area (Å²) in [4.78, 5) is 28.2. The number of hydrogen-bond donors (Lipinski definition) is 1. The van der Waals surface area contributed by atoms with Crippen molar-refractivity contribution in [2.24, 2.45) is 0 Å². The standard InChI is InChI=1S/C13H23N3O2S/c1-3-11-13(18)16(10(2)12(17)14-11)5-4-15-6-8-19-9-7-15/h10-11H,3-9H2,1-2H3,(H,14,17). The van der Waals surface area contributed by atoms with Gasteiger partial charge in [0.25, 0.3) is 0 Å². The molecular formula is C13H23N3O2S. The average molecular weight is 285 g/mol. The molecule has 1 N–H and O–H groups in total. The molecule has 0 aromatic rings. The molecule has 0 aromatic carbocycles. The Morgan fingerprint density at radius 2 is 1.95 bits per heavy atom. The highest BCUT2D eigenvalue weighted by Gasteiger charge is 2.36. The van der Waals surface area contributed by atoms with Crippen molar-refractivity contribution in [3.8, 4) is 0 Å². The smallest absolute Gasteiger partial charge is 0.245 e. The molecule has 0 saturated carbocycles. The van der Waals surface area contributed by atoms with E-state index in [0.29, 0.717) is 13.0 Å². The van der Waals surface area contributed by atoms with Crippen LogP contribution in [0, 0.1) is 0 Å². The van der Waals surface area contributed by atoms with E-state index in [1.54, 1.807) is 4.90 Å². The van der Waals surface area contributed by atoms with Crippen LogP contribution in [0.2, 0.25) is 0 Å². The third kappa shape index (κ3) is 3.42. The molecule has 108 valence electrons. The number of carbonyl (C=O) groups is 2. The number of piperazine rings is 1. The van der Waals surface area contributed by atoms with Gasteiger partial charge < -0.3 is 10.2 Å². The first-order valence-electron chi connectivity index (χ1n) is 7.04. The van der Waals surface area contributed by atoms with Gasteiger partial charge in [0.2, 0.25) is 11.8 Å². The number of hydrogen-bond acceptors (Lipinski definition) is 4. The van der Waals surface area contributed by atoms with Gasteiger partial charge in [-0.05, 0) is 13.3 Å². The molecule has 0 spiro atoms. The van der Waals surface area contributed by atoms with Gasteiger partial charge in [-0.3, -0.25) is 14.5 Å². The number of carbonyl (C=O) groups excluding carboxylic acids is 2. The van der Waals surface area contributed by atoms with Crippen molar-refractivity contribution in [2.45, 2.75) is 32.4 Å². The summed E-state index contributed by atoms with van der Waals surface area (Å²) in [6.07, 6.45) is 0.661. The molecule has 6 heteroatoms. The molecule has 0 aromatic heterocycles. The quantitative estimate of drug-likeness (QED) is 0.799. The summed E-state index contributed by atoms with van der Waals surface area (Å²) < 4.78 is 0. The minimum absolute atomic E-state index is 0.0272. The number of rotatable bonds is 4. The van der Waals surface area contributed by atoms with E-state index in [1.165, 1.54) is 11.5 Å². The maximum absolute atomic E-state index is 12.3. The van der Waals surface area contributed by atoms with Gasteiger partial charge in [-0.15, -0.1) is 0 Å². The molecule has 2 rings (SSSR count). The van der Waals surface area contributed by atoms with Crippen LogP contribution in [-0.4, -0.2) is 71.4 Å². The first kappa shape index (κ1) is 14.7. The third-order valence-electron chi connectivity index (χ3n) is 3.91. The number of nitrogens with zero attached hydrogens (tertiary/aromatic N) is 2. The summed E-state index contributed by atoms with van der Waals surface area (Å²) in [5.74, 6) is 2.38. The first-order chi connectivity index (χ1) is 9.13. The molecule has 5 nitrogen and oxygen atoms in total. The molecule has 2 fully saturated rings. The molecule has 2 aliphatic heterocycles. The summed E-state index contributed by atoms with van der Waals surface area (Å²) in [5.41, 5.74) is 0. The fourth-order valence-electron chi connectivity index (χ4n) is 2.54. The summed E-state index contributed by atoms with van der Waals surface area (Å²) in [6, 6.07) is -0.671. The summed E-state index contributed by atoms with van der Waals surface area (Å²) in [7, 11) is 0. The van der Waals surface area contributed by atoms with Gasteiger partial charge in [0, 0.05) is 37.7 Å². The third-order valence-corrected chi connectivity index (χ3v) is 4.86. The van der Waals surface area contributed by atoms with Crippen LogP contribution in [0.25, 0.3) is 0 Å². The molecule has 0 radical (unpaired) electrons. The van der Waals surface area contributed by atoms with E-state index in [-0.39, 0.29) is 23.9 Å². The summed E-state index contributed by atoms with van der Waals surface area (Å²) in [5, 5.41) is 2.79. The molecule has 0 bridgehead atoms. The molecule has 19 heavy (non-hydrogen) atoms. The Balaban J connectivity index is 1.91. The number of nitrogens with one attached hydrogen (secondary N) is 1. The van der Waals surface area contributed by atoms with Crippen LogP contribution >= 0.6 is 11.8 Å². The predicted molar refractivity (Wildman–Crippen MR) is 77.2 cm³/mol. The zero-order valence-corrected chi connectivity index (χ0v) is 12.5. The van der Waals surface area contributed by atoms with Gasteiger partial charge in [0.15, 0.2) is 0 Å². The minimum atomic E-state index is -0.338. The fourth-order valence-corrected chi connectivity index (χ4v) is 3.52. The first-order valence-corrected chi connectivity index (χ1v) is 8.20. The summed E-state index contributed by atoms with van der Waals surface area (Å²) >= 11 is 1.98. The van der Waals surface area contributed by atoms with Crippen LogP contribution in [0.3, 0.4) is 0 Å². The highest BCUT2D eigenvalue weighted by Crippen LogP contribution is 2.13. The Bertz CT molecular complexity index is 345. The lowest BCUT2D eigenvalue weighted by molar-refractivity contribution is -0.148. The van der Waals surface area contributed by atoms with Crippen LogP contribution < -0.4 is 5.32 Å². The van der Waals surface area contributed by atoms with Crippen molar-refractivity contribution in [2.75, 3.05) is 37.7 Å². The highest BCUT2D eigenvalue weighted by molar-refractivity contribution is 7.99. The van der Waals surface area contributed by atoms with Crippen molar-refractivity contribution in [1.29, 1.82) is 0 Å². The maximum Gasteiger partial charge on any atom is 0.245 e. The van der Waals surface area contributed by atoms with Crippen molar-refractivity contribution in [1.82, 2.24) is 15.1 Å². The minimum Gasteiger partial charge on any atom is -0.343 e. The average Bonchev–Trinajstić information content (AvgIpc) is 2.44. The molecular weight excluding hydrogens is 262 g/mol. The van der Waals surface area contributed by atoms with Gasteiger partial charge in [-0.1, -0.05) is 6.92 Å². The van der Waals surface area contributed by atoms with Gasteiger partial charge in [-0.25, -0.2) is 0 Å². The van der Waals surface area contributed by atoms with Crippen LogP contribution in [0.1, 0.15) is 20.3 Å². The number of thioether (sulfide) groups is 1. The van der Waals surface area contributed by atoms with Crippen LogP contribution in [-0.2, 0) is 9.59 Å². The van der Waals surface area contributed by atoms with Gasteiger partial charge in [-0.2, -0.15) is 11.8 Å². The normalized spacial score (nSPS) is 29.5. The largest absolute Gasteiger partial charge is 0.343 e. The second kappa shape index (κ2) is 6.61. The van der Waals surface area contributed by atoms with E-state index in [4.69, 9.17) is 0 Å². The van der Waals surface area contributed by atoms with Crippen molar-refractivity contribution in [3.63, 3.8) is 0 Å². The number of amides is 2. The van der Waals surface area contributed by atoms with E-state index in [2.05, 4.69) is 10.2 Å². The van der Waals surface area contributed by atoms with Crippen molar-refractivity contribution in [3.05, 3.63) is 0 Å². The highest BCUT2D eigenvalue weighted by atomic mass is 32.2. The molecule has 2 saturated heterocycles. The molecule has 2 atom stereocenters. The van der Waals surface area contributed by atoms with E-state index < -0.39 is 0 Å². The Labute approximate surface area is 119 Å². The zero-order chi connectivity index (χ0) is 13.8. The van der Waals surface area contributed by atoms with E-state index >= 15 is 0 Å².